The van der Waals surface area contributed by atoms with Crippen LogP contribution >= 0.6 is 0 Å². The first-order valence-electron chi connectivity index (χ1n) is 33.7. The molecular formula is C68H130O6. The molecule has 0 aromatic carbocycles. The Morgan fingerprint density at radius 2 is 0.446 bits per heavy atom. The molecule has 438 valence electrons. The lowest BCUT2D eigenvalue weighted by Gasteiger charge is -2.18. The van der Waals surface area contributed by atoms with Gasteiger partial charge in [-0.1, -0.05) is 335 Å². The van der Waals surface area contributed by atoms with Gasteiger partial charge in [-0.2, -0.15) is 0 Å². The third-order valence-corrected chi connectivity index (χ3v) is 15.5. The van der Waals surface area contributed by atoms with Crippen molar-refractivity contribution in [2.24, 2.45) is 0 Å². The van der Waals surface area contributed by atoms with E-state index < -0.39 is 6.10 Å². The van der Waals surface area contributed by atoms with E-state index in [2.05, 4.69) is 32.9 Å². The number of allylic oxidation sites excluding steroid dienone is 2. The van der Waals surface area contributed by atoms with Gasteiger partial charge >= 0.3 is 17.9 Å². The highest BCUT2D eigenvalue weighted by molar-refractivity contribution is 5.71. The van der Waals surface area contributed by atoms with Crippen LogP contribution in [0.1, 0.15) is 387 Å². The zero-order chi connectivity index (χ0) is 53.6. The summed E-state index contributed by atoms with van der Waals surface area (Å²) in [7, 11) is 0. The number of hydrogen-bond donors (Lipinski definition) is 0. The number of hydrogen-bond acceptors (Lipinski definition) is 6. The van der Waals surface area contributed by atoms with E-state index >= 15 is 0 Å². The molecule has 0 saturated carbocycles. The van der Waals surface area contributed by atoms with Crippen LogP contribution in [0.25, 0.3) is 0 Å². The smallest absolute Gasteiger partial charge is 0.306 e. The third kappa shape index (κ3) is 61.0. The summed E-state index contributed by atoms with van der Waals surface area (Å²) in [5.41, 5.74) is 0. The van der Waals surface area contributed by atoms with Crippen LogP contribution in [0.4, 0.5) is 0 Å². The van der Waals surface area contributed by atoms with Gasteiger partial charge in [0.1, 0.15) is 13.2 Å². The number of rotatable bonds is 63. The minimum absolute atomic E-state index is 0.0640. The maximum absolute atomic E-state index is 12.9. The van der Waals surface area contributed by atoms with Gasteiger partial charge < -0.3 is 14.2 Å². The van der Waals surface area contributed by atoms with E-state index in [4.69, 9.17) is 14.2 Å². The van der Waals surface area contributed by atoms with Crippen LogP contribution in [0.5, 0.6) is 0 Å². The van der Waals surface area contributed by atoms with E-state index in [1.165, 1.54) is 289 Å². The van der Waals surface area contributed by atoms with Gasteiger partial charge in [0, 0.05) is 19.3 Å². The summed E-state index contributed by atoms with van der Waals surface area (Å²) in [6.45, 7) is 6.68. The first-order chi connectivity index (χ1) is 36.5. The maximum atomic E-state index is 12.9. The van der Waals surface area contributed by atoms with Crippen molar-refractivity contribution in [1.82, 2.24) is 0 Å². The molecule has 0 bridgehead atoms. The number of carbonyl (C=O) groups is 3. The van der Waals surface area contributed by atoms with Crippen LogP contribution in [0.15, 0.2) is 12.2 Å². The van der Waals surface area contributed by atoms with Gasteiger partial charge in [-0.05, 0) is 44.9 Å². The Hall–Kier alpha value is -1.85. The first kappa shape index (κ1) is 72.2. The highest BCUT2D eigenvalue weighted by atomic mass is 16.6. The lowest BCUT2D eigenvalue weighted by atomic mass is 10.0. The average Bonchev–Trinajstić information content (AvgIpc) is 3.40. The average molecular weight is 1040 g/mol. The SMILES string of the molecule is CCCCCCCCCC/C=C\CCCCCCCCCCCCCCCC(=O)OCC(COC(=O)CCCCCCCCC)OC(=O)CCCCCCCCCCCCCCCCCCCCCCCCCC. The molecule has 0 N–H and O–H groups in total. The van der Waals surface area contributed by atoms with E-state index in [-0.39, 0.29) is 31.1 Å². The van der Waals surface area contributed by atoms with E-state index in [9.17, 15) is 14.4 Å². The van der Waals surface area contributed by atoms with Gasteiger partial charge in [-0.25, -0.2) is 0 Å². The van der Waals surface area contributed by atoms with E-state index in [1.807, 2.05) is 0 Å². The first-order valence-corrected chi connectivity index (χ1v) is 33.7. The lowest BCUT2D eigenvalue weighted by Crippen LogP contribution is -2.30. The molecular weight excluding hydrogens is 913 g/mol. The monoisotopic (exact) mass is 1040 g/mol. The van der Waals surface area contributed by atoms with Crippen LogP contribution in [0.2, 0.25) is 0 Å². The molecule has 0 spiro atoms. The summed E-state index contributed by atoms with van der Waals surface area (Å²) in [4.78, 5) is 38.1. The largest absolute Gasteiger partial charge is 0.462 e. The van der Waals surface area contributed by atoms with E-state index in [0.717, 1.165) is 57.8 Å². The van der Waals surface area contributed by atoms with Crippen LogP contribution in [-0.2, 0) is 28.6 Å². The molecule has 1 unspecified atom stereocenters. The molecule has 0 aliphatic carbocycles. The van der Waals surface area contributed by atoms with Crippen LogP contribution in [0, 0.1) is 0 Å². The maximum Gasteiger partial charge on any atom is 0.306 e. The summed E-state index contributed by atoms with van der Waals surface area (Å²) in [6, 6.07) is 0. The summed E-state index contributed by atoms with van der Waals surface area (Å²) in [5.74, 6) is -0.841. The second kappa shape index (κ2) is 63.7. The number of esters is 3. The lowest BCUT2D eigenvalue weighted by molar-refractivity contribution is -0.167. The highest BCUT2D eigenvalue weighted by Crippen LogP contribution is 2.19. The molecule has 0 rings (SSSR count). The topological polar surface area (TPSA) is 78.9 Å². The number of unbranched alkanes of at least 4 members (excludes halogenated alkanes) is 50. The van der Waals surface area contributed by atoms with Gasteiger partial charge in [0.05, 0.1) is 0 Å². The molecule has 0 aromatic heterocycles. The predicted molar refractivity (Wildman–Crippen MR) is 321 cm³/mol. The Morgan fingerprint density at radius 3 is 0.676 bits per heavy atom. The second-order valence-electron chi connectivity index (χ2n) is 23.1. The van der Waals surface area contributed by atoms with Crippen molar-refractivity contribution >= 4 is 17.9 Å². The van der Waals surface area contributed by atoms with Crippen molar-refractivity contribution in [3.63, 3.8) is 0 Å². The van der Waals surface area contributed by atoms with Gasteiger partial charge in [0.2, 0.25) is 0 Å². The third-order valence-electron chi connectivity index (χ3n) is 15.5. The standard InChI is InChI=1S/C68H130O6/c1-4-7-10-13-16-18-20-22-24-26-28-30-32-34-36-37-39-41-43-45-47-49-52-55-58-61-67(70)73-64-65(63-72-66(69)60-57-54-51-15-12-9-6-3)74-68(71)62-59-56-53-50-48-46-44-42-40-38-35-33-31-29-27-25-23-21-19-17-14-11-8-5-2/h26,28,65H,4-25,27,29-64H2,1-3H3/b28-26-. The Labute approximate surface area is 462 Å². The van der Waals surface area contributed by atoms with Crippen molar-refractivity contribution in [2.45, 2.75) is 393 Å². The fourth-order valence-electron chi connectivity index (χ4n) is 10.4. The predicted octanol–water partition coefficient (Wildman–Crippen LogP) is 22.8. The minimum atomic E-state index is -0.764. The zero-order valence-electron chi connectivity index (χ0n) is 50.4. The number of carbonyl (C=O) groups excluding carboxylic acids is 3. The summed E-state index contributed by atoms with van der Waals surface area (Å²) >= 11 is 0. The molecule has 0 fully saturated rings. The fourth-order valence-corrected chi connectivity index (χ4v) is 10.4. The van der Waals surface area contributed by atoms with Crippen LogP contribution in [0.3, 0.4) is 0 Å². The molecule has 0 aromatic rings. The van der Waals surface area contributed by atoms with Gasteiger partial charge in [-0.3, -0.25) is 14.4 Å². The molecule has 0 aliphatic heterocycles. The van der Waals surface area contributed by atoms with Crippen molar-refractivity contribution in [3.8, 4) is 0 Å². The zero-order valence-corrected chi connectivity index (χ0v) is 50.4. The minimum Gasteiger partial charge on any atom is -0.462 e. The van der Waals surface area contributed by atoms with Crippen LogP contribution < -0.4 is 0 Å². The van der Waals surface area contributed by atoms with E-state index in [0.29, 0.717) is 19.3 Å². The molecule has 0 radical (unpaired) electrons. The Morgan fingerprint density at radius 1 is 0.257 bits per heavy atom. The summed E-state index contributed by atoms with van der Waals surface area (Å²) < 4.78 is 16.9. The summed E-state index contributed by atoms with van der Waals surface area (Å²) in [6.07, 6.45) is 75.5. The molecule has 6 nitrogen and oxygen atoms in total. The van der Waals surface area contributed by atoms with Crippen LogP contribution in [-0.4, -0.2) is 37.2 Å². The molecule has 74 heavy (non-hydrogen) atoms. The normalized spacial score (nSPS) is 12.0. The van der Waals surface area contributed by atoms with Crippen molar-refractivity contribution in [3.05, 3.63) is 12.2 Å². The van der Waals surface area contributed by atoms with Crippen molar-refractivity contribution in [2.75, 3.05) is 13.2 Å². The summed E-state index contributed by atoms with van der Waals surface area (Å²) in [5, 5.41) is 0. The Balaban J connectivity index is 4.04. The number of ether oxygens (including phenoxy) is 3. The molecule has 0 aliphatic rings. The van der Waals surface area contributed by atoms with Crippen molar-refractivity contribution < 1.29 is 28.6 Å². The highest BCUT2D eigenvalue weighted by Gasteiger charge is 2.19. The molecule has 0 saturated heterocycles. The van der Waals surface area contributed by atoms with E-state index in [1.54, 1.807) is 0 Å². The molecule has 0 heterocycles. The molecule has 1 atom stereocenters. The van der Waals surface area contributed by atoms with Crippen molar-refractivity contribution in [1.29, 1.82) is 0 Å². The van der Waals surface area contributed by atoms with Gasteiger partial charge in [0.25, 0.3) is 0 Å². The quantitative estimate of drug-likeness (QED) is 0.0261. The Kier molecular flexibility index (Phi) is 62.1. The van der Waals surface area contributed by atoms with Gasteiger partial charge in [-0.15, -0.1) is 0 Å². The molecule has 0 amide bonds. The second-order valence-corrected chi connectivity index (χ2v) is 23.1. The molecule has 6 heteroatoms. The Bertz CT molecular complexity index is 1150. The van der Waals surface area contributed by atoms with Gasteiger partial charge in [0.15, 0.2) is 6.10 Å². The fraction of sp³-hybridized carbons (Fsp3) is 0.926.